The summed E-state index contributed by atoms with van der Waals surface area (Å²) in [6.45, 7) is 4.99. The molecule has 1 amide bonds. The fourth-order valence-corrected chi connectivity index (χ4v) is 0.563. The Balaban J connectivity index is 3.23. The molecule has 11 heavy (non-hydrogen) atoms. The number of carbonyl (C=O) groups is 1. The Morgan fingerprint density at radius 3 is 2.73 bits per heavy atom. The number of likely N-dealkylation sites (N-methyl/N-ethyl adjacent to an activating group) is 1. The first kappa shape index (κ1) is 10.4. The van der Waals surface area contributed by atoms with E-state index < -0.39 is 6.10 Å². The second kappa shape index (κ2) is 6.12. The smallest absolute Gasteiger partial charge is 0.234 e. The Bertz CT molecular complexity index is 115. The van der Waals surface area contributed by atoms with Crippen LogP contribution in [0.5, 0.6) is 0 Å². The van der Waals surface area contributed by atoms with Crippen molar-refractivity contribution in [2.75, 3.05) is 19.6 Å². The van der Waals surface area contributed by atoms with E-state index in [2.05, 4.69) is 10.6 Å². The molecule has 0 fully saturated rings. The number of aliphatic hydroxyl groups is 1. The van der Waals surface area contributed by atoms with Gasteiger partial charge in [-0.25, -0.2) is 0 Å². The number of carbonyl (C=O) groups excluding carboxylic acids is 1. The average molecular weight is 160 g/mol. The molecule has 0 bridgehead atoms. The molecule has 0 unspecified atom stereocenters. The molecule has 0 aromatic carbocycles. The second-order valence-corrected chi connectivity index (χ2v) is 2.43. The molecular formula is C7H16N2O2. The third kappa shape index (κ3) is 7.29. The van der Waals surface area contributed by atoms with Crippen molar-refractivity contribution >= 4 is 5.91 Å². The Morgan fingerprint density at radius 2 is 2.27 bits per heavy atom. The van der Waals surface area contributed by atoms with Gasteiger partial charge in [-0.15, -0.1) is 0 Å². The van der Waals surface area contributed by atoms with Crippen molar-refractivity contribution in [1.29, 1.82) is 0 Å². The van der Waals surface area contributed by atoms with Crippen LogP contribution in [-0.4, -0.2) is 36.8 Å². The molecule has 66 valence electrons. The molecule has 0 aromatic heterocycles. The number of nitrogens with one attached hydrogen (secondary N) is 2. The highest BCUT2D eigenvalue weighted by molar-refractivity contribution is 5.77. The summed E-state index contributed by atoms with van der Waals surface area (Å²) in [5.74, 6) is -0.0762. The lowest BCUT2D eigenvalue weighted by Gasteiger charge is -2.06. The molecule has 0 aromatic rings. The van der Waals surface area contributed by atoms with Crippen LogP contribution in [0.15, 0.2) is 0 Å². The SMILES string of the molecule is CCNCC(=O)NC[C@@H](C)O. The maximum atomic E-state index is 10.8. The van der Waals surface area contributed by atoms with E-state index in [1.165, 1.54) is 0 Å². The van der Waals surface area contributed by atoms with Crippen molar-refractivity contribution in [2.45, 2.75) is 20.0 Å². The largest absolute Gasteiger partial charge is 0.392 e. The number of rotatable bonds is 5. The van der Waals surface area contributed by atoms with Gasteiger partial charge in [0.25, 0.3) is 0 Å². The van der Waals surface area contributed by atoms with Crippen LogP contribution < -0.4 is 10.6 Å². The van der Waals surface area contributed by atoms with E-state index in [-0.39, 0.29) is 5.91 Å². The first-order chi connectivity index (χ1) is 5.16. The zero-order valence-corrected chi connectivity index (χ0v) is 7.05. The molecule has 0 heterocycles. The highest BCUT2D eigenvalue weighted by Crippen LogP contribution is 1.74. The van der Waals surface area contributed by atoms with Gasteiger partial charge in [-0.2, -0.15) is 0 Å². The molecule has 0 aliphatic heterocycles. The monoisotopic (exact) mass is 160 g/mol. The Morgan fingerprint density at radius 1 is 1.64 bits per heavy atom. The molecule has 3 N–H and O–H groups in total. The highest BCUT2D eigenvalue weighted by atomic mass is 16.3. The van der Waals surface area contributed by atoms with E-state index in [0.29, 0.717) is 13.1 Å². The molecule has 1 atom stereocenters. The van der Waals surface area contributed by atoms with Gasteiger partial charge in [0.15, 0.2) is 0 Å². The predicted octanol–water partition coefficient (Wildman–Crippen LogP) is -0.907. The Labute approximate surface area is 67.0 Å². The van der Waals surface area contributed by atoms with Crippen LogP contribution in [0.3, 0.4) is 0 Å². The quantitative estimate of drug-likeness (QED) is 0.488. The molecule has 0 aliphatic carbocycles. The molecule has 0 aliphatic rings. The topological polar surface area (TPSA) is 61.4 Å². The number of amides is 1. The minimum absolute atomic E-state index is 0.0762. The Hall–Kier alpha value is -0.610. The molecule has 4 nitrogen and oxygen atoms in total. The van der Waals surface area contributed by atoms with Crippen LogP contribution in [0.25, 0.3) is 0 Å². The fourth-order valence-electron chi connectivity index (χ4n) is 0.563. The lowest BCUT2D eigenvalue weighted by molar-refractivity contribution is -0.120. The van der Waals surface area contributed by atoms with Crippen molar-refractivity contribution in [3.05, 3.63) is 0 Å². The molecule has 4 heteroatoms. The van der Waals surface area contributed by atoms with Gasteiger partial charge >= 0.3 is 0 Å². The lowest BCUT2D eigenvalue weighted by atomic mass is 10.4. The minimum Gasteiger partial charge on any atom is -0.392 e. The van der Waals surface area contributed by atoms with E-state index in [0.717, 1.165) is 6.54 Å². The highest BCUT2D eigenvalue weighted by Gasteiger charge is 2.00. The van der Waals surface area contributed by atoms with Crippen molar-refractivity contribution in [3.63, 3.8) is 0 Å². The molecule has 0 rings (SSSR count). The summed E-state index contributed by atoms with van der Waals surface area (Å²) in [5.41, 5.74) is 0. The van der Waals surface area contributed by atoms with Crippen molar-refractivity contribution in [2.24, 2.45) is 0 Å². The Kier molecular flexibility index (Phi) is 5.78. The standard InChI is InChI=1S/C7H16N2O2/c1-3-8-5-7(11)9-4-6(2)10/h6,8,10H,3-5H2,1-2H3,(H,9,11)/t6-/m1/s1. The van der Waals surface area contributed by atoms with Gasteiger partial charge in [0.1, 0.15) is 0 Å². The molecule has 0 spiro atoms. The van der Waals surface area contributed by atoms with E-state index >= 15 is 0 Å². The van der Waals surface area contributed by atoms with Gasteiger partial charge in [0, 0.05) is 6.54 Å². The molecule has 0 radical (unpaired) electrons. The summed E-state index contributed by atoms with van der Waals surface area (Å²) < 4.78 is 0. The van der Waals surface area contributed by atoms with Crippen LogP contribution in [0.1, 0.15) is 13.8 Å². The van der Waals surface area contributed by atoms with Gasteiger partial charge < -0.3 is 15.7 Å². The first-order valence-electron chi connectivity index (χ1n) is 3.82. The van der Waals surface area contributed by atoms with Crippen LogP contribution in [0, 0.1) is 0 Å². The van der Waals surface area contributed by atoms with Crippen LogP contribution in [0.4, 0.5) is 0 Å². The van der Waals surface area contributed by atoms with Crippen molar-refractivity contribution in [1.82, 2.24) is 10.6 Å². The van der Waals surface area contributed by atoms with Crippen LogP contribution in [0.2, 0.25) is 0 Å². The van der Waals surface area contributed by atoms with Crippen LogP contribution >= 0.6 is 0 Å². The second-order valence-electron chi connectivity index (χ2n) is 2.43. The van der Waals surface area contributed by atoms with E-state index in [1.807, 2.05) is 6.92 Å². The molecule has 0 saturated heterocycles. The van der Waals surface area contributed by atoms with Gasteiger partial charge in [-0.1, -0.05) is 6.92 Å². The summed E-state index contributed by atoms with van der Waals surface area (Å²) in [7, 11) is 0. The van der Waals surface area contributed by atoms with E-state index in [1.54, 1.807) is 6.92 Å². The summed E-state index contributed by atoms with van der Waals surface area (Å²) in [4.78, 5) is 10.8. The zero-order chi connectivity index (χ0) is 8.69. The fraction of sp³-hybridized carbons (Fsp3) is 0.857. The van der Waals surface area contributed by atoms with Gasteiger partial charge in [0.2, 0.25) is 5.91 Å². The van der Waals surface area contributed by atoms with Gasteiger partial charge in [-0.05, 0) is 13.5 Å². The summed E-state index contributed by atoms with van der Waals surface area (Å²) in [6, 6.07) is 0. The number of hydrogen-bond donors (Lipinski definition) is 3. The molecule has 0 saturated carbocycles. The summed E-state index contributed by atoms with van der Waals surface area (Å²) in [6.07, 6.45) is -0.472. The summed E-state index contributed by atoms with van der Waals surface area (Å²) >= 11 is 0. The maximum Gasteiger partial charge on any atom is 0.234 e. The minimum atomic E-state index is -0.472. The van der Waals surface area contributed by atoms with E-state index in [9.17, 15) is 4.79 Å². The van der Waals surface area contributed by atoms with Crippen molar-refractivity contribution in [3.8, 4) is 0 Å². The third-order valence-corrected chi connectivity index (χ3v) is 1.13. The average Bonchev–Trinajstić information content (AvgIpc) is 1.97. The predicted molar refractivity (Wildman–Crippen MR) is 43.2 cm³/mol. The normalized spacial score (nSPS) is 12.6. The number of hydrogen-bond acceptors (Lipinski definition) is 3. The lowest BCUT2D eigenvalue weighted by Crippen LogP contribution is -2.37. The molecular weight excluding hydrogens is 144 g/mol. The van der Waals surface area contributed by atoms with Crippen LogP contribution in [-0.2, 0) is 4.79 Å². The van der Waals surface area contributed by atoms with Gasteiger partial charge in [-0.3, -0.25) is 4.79 Å². The maximum absolute atomic E-state index is 10.8. The third-order valence-electron chi connectivity index (χ3n) is 1.13. The van der Waals surface area contributed by atoms with Crippen molar-refractivity contribution < 1.29 is 9.90 Å². The van der Waals surface area contributed by atoms with E-state index in [4.69, 9.17) is 5.11 Å². The zero-order valence-electron chi connectivity index (χ0n) is 7.05. The first-order valence-corrected chi connectivity index (χ1v) is 3.82. The number of aliphatic hydroxyl groups excluding tert-OH is 1. The summed E-state index contributed by atoms with van der Waals surface area (Å²) in [5, 5.41) is 14.2. The van der Waals surface area contributed by atoms with Gasteiger partial charge in [0.05, 0.1) is 12.6 Å².